The molecule has 4 nitrogen and oxygen atoms in total. The average molecular weight is 476 g/mol. The fraction of sp³-hybridized carbons (Fsp3) is 0.548. The molecule has 0 spiro atoms. The minimum atomic E-state index is -0.647. The Labute approximate surface area is 212 Å². The van der Waals surface area contributed by atoms with E-state index in [4.69, 9.17) is 4.74 Å². The maximum atomic E-state index is 12.4. The van der Waals surface area contributed by atoms with E-state index in [0.29, 0.717) is 24.4 Å². The van der Waals surface area contributed by atoms with Crippen LogP contribution in [0.3, 0.4) is 0 Å². The van der Waals surface area contributed by atoms with Crippen molar-refractivity contribution in [3.8, 4) is 0 Å². The van der Waals surface area contributed by atoms with Gasteiger partial charge >= 0.3 is 5.97 Å². The van der Waals surface area contributed by atoms with E-state index in [0.717, 1.165) is 32.4 Å². The Bertz CT molecular complexity index is 941. The van der Waals surface area contributed by atoms with E-state index in [2.05, 4.69) is 91.4 Å². The van der Waals surface area contributed by atoms with Crippen molar-refractivity contribution < 1.29 is 9.53 Å². The van der Waals surface area contributed by atoms with Crippen molar-refractivity contribution >= 4 is 11.7 Å². The molecule has 2 aliphatic heterocycles. The number of benzene rings is 2. The van der Waals surface area contributed by atoms with Gasteiger partial charge < -0.3 is 9.64 Å². The van der Waals surface area contributed by atoms with E-state index >= 15 is 0 Å². The first-order chi connectivity index (χ1) is 16.6. The number of rotatable bonds is 10. The summed E-state index contributed by atoms with van der Waals surface area (Å²) < 4.78 is 5.50. The molecule has 0 aromatic heterocycles. The molecule has 2 aromatic rings. The predicted octanol–water partition coefficient (Wildman–Crippen LogP) is 6.26. The van der Waals surface area contributed by atoms with Crippen molar-refractivity contribution in [2.24, 2.45) is 5.92 Å². The number of hydrogen-bond acceptors (Lipinski definition) is 4. The normalized spacial score (nSPS) is 24.1. The van der Waals surface area contributed by atoms with Gasteiger partial charge in [0.15, 0.2) is 0 Å². The number of anilines is 1. The molecule has 0 radical (unpaired) electrons. The monoisotopic (exact) mass is 475 g/mol. The summed E-state index contributed by atoms with van der Waals surface area (Å²) in [5.74, 6) is 0.340. The summed E-state index contributed by atoms with van der Waals surface area (Å²) in [7, 11) is 2.21. The van der Waals surface area contributed by atoms with Gasteiger partial charge in [0, 0.05) is 57.0 Å². The van der Waals surface area contributed by atoms with Crippen LogP contribution in [0.1, 0.15) is 64.9 Å². The molecule has 4 rings (SSSR count). The van der Waals surface area contributed by atoms with Crippen LogP contribution in [0.4, 0.5) is 5.69 Å². The summed E-state index contributed by atoms with van der Waals surface area (Å²) in [6, 6.07) is 22.9. The van der Waals surface area contributed by atoms with Crippen LogP contribution in [0.2, 0.25) is 0 Å². The summed E-state index contributed by atoms with van der Waals surface area (Å²) in [4.78, 5) is 17.5. The van der Waals surface area contributed by atoms with Crippen molar-refractivity contribution in [3.63, 3.8) is 0 Å². The van der Waals surface area contributed by atoms with Crippen LogP contribution < -0.4 is 4.90 Å². The van der Waals surface area contributed by atoms with Gasteiger partial charge in [-0.15, -0.1) is 0 Å². The zero-order valence-corrected chi connectivity index (χ0v) is 22.1. The zero-order valence-electron chi connectivity index (χ0n) is 22.1. The van der Waals surface area contributed by atoms with Gasteiger partial charge in [-0.25, -0.2) is 0 Å². The number of carbonyl (C=O) groups excluding carboxylic acids is 1. The fourth-order valence-electron chi connectivity index (χ4n) is 6.33. The van der Waals surface area contributed by atoms with Gasteiger partial charge in [-0.1, -0.05) is 55.5 Å². The number of esters is 1. The molecule has 3 atom stereocenters. The summed E-state index contributed by atoms with van der Waals surface area (Å²) >= 11 is 0. The van der Waals surface area contributed by atoms with Crippen LogP contribution in [-0.2, 0) is 14.9 Å². The Morgan fingerprint density at radius 2 is 1.57 bits per heavy atom. The number of likely N-dealkylation sites (N-methyl/N-ethyl adjacent to an activating group) is 1. The first-order valence-corrected chi connectivity index (χ1v) is 13.3. The third-order valence-corrected chi connectivity index (χ3v) is 8.00. The van der Waals surface area contributed by atoms with Crippen molar-refractivity contribution in [3.05, 3.63) is 73.2 Å². The molecule has 0 aliphatic carbocycles. The van der Waals surface area contributed by atoms with Crippen molar-refractivity contribution in [2.75, 3.05) is 25.0 Å². The summed E-state index contributed by atoms with van der Waals surface area (Å²) in [6.45, 7) is 12.1. The molecule has 2 bridgehead atoms. The lowest BCUT2D eigenvalue weighted by Gasteiger charge is -2.42. The zero-order chi connectivity index (χ0) is 25.1. The standard InChI is InChI=1S/C31H43N2O2/c1-30(2,3)35-29(34)22-24-20-27-16-17-28(21-24)33(27)19-18-31(4,25-12-8-6-9-13-25)23-32(5)26-14-10-7-11-15-26/h6-15,24,27-28H,1,16-23H2,2-5H3/q+1/t24?,27?,28?,31-/m1/s1. The van der Waals surface area contributed by atoms with E-state index < -0.39 is 5.60 Å². The van der Waals surface area contributed by atoms with Gasteiger partial charge in [-0.2, -0.15) is 0 Å². The fourth-order valence-corrected chi connectivity index (χ4v) is 6.33. The van der Waals surface area contributed by atoms with E-state index in [9.17, 15) is 4.79 Å². The molecular weight excluding hydrogens is 432 g/mol. The maximum Gasteiger partial charge on any atom is 0.309 e. The van der Waals surface area contributed by atoms with Gasteiger partial charge in [0.25, 0.3) is 0 Å². The van der Waals surface area contributed by atoms with Gasteiger partial charge in [0.1, 0.15) is 6.92 Å². The largest absolute Gasteiger partial charge is 0.419 e. The number of fused-ring (bicyclic) bond motifs is 2. The Hall–Kier alpha value is -2.46. The molecule has 0 saturated carbocycles. The third kappa shape index (κ3) is 6.61. The second-order valence-electron chi connectivity index (χ2n) is 11.8. The first-order valence-electron chi connectivity index (χ1n) is 13.3. The number of carbonyl (C=O) groups is 1. The smallest absolute Gasteiger partial charge is 0.309 e. The van der Waals surface area contributed by atoms with Crippen LogP contribution >= 0.6 is 0 Å². The molecule has 2 saturated heterocycles. The molecule has 2 heterocycles. The molecule has 4 heteroatoms. The maximum absolute atomic E-state index is 12.4. The molecular formula is C31H43N2O2+. The SMILES string of the molecule is [CH2+]C(C)(C)OC(=O)CC1CC2CCC(C1)N2CC[C@](C)(CN(C)c1ccccc1)c1ccccc1. The lowest BCUT2D eigenvalue weighted by Crippen LogP contribution is -2.46. The van der Waals surface area contributed by atoms with Gasteiger partial charge in [-0.05, 0) is 62.3 Å². The highest BCUT2D eigenvalue weighted by Crippen LogP contribution is 2.41. The van der Waals surface area contributed by atoms with E-state index in [1.165, 1.54) is 24.1 Å². The quantitative estimate of drug-likeness (QED) is 0.300. The van der Waals surface area contributed by atoms with Crippen molar-refractivity contribution in [1.29, 1.82) is 0 Å². The topological polar surface area (TPSA) is 32.8 Å². The van der Waals surface area contributed by atoms with Crippen LogP contribution in [0.5, 0.6) is 0 Å². The third-order valence-electron chi connectivity index (χ3n) is 8.00. The number of nitrogens with zero attached hydrogens (tertiary/aromatic N) is 2. The number of piperidine rings is 1. The van der Waals surface area contributed by atoms with Crippen LogP contribution in [0.25, 0.3) is 0 Å². The molecule has 2 aromatic carbocycles. The lowest BCUT2D eigenvalue weighted by molar-refractivity contribution is -0.154. The van der Waals surface area contributed by atoms with Gasteiger partial charge in [-0.3, -0.25) is 9.69 Å². The summed E-state index contributed by atoms with van der Waals surface area (Å²) in [5, 5.41) is 0. The summed E-state index contributed by atoms with van der Waals surface area (Å²) in [5.41, 5.74) is 2.06. The van der Waals surface area contributed by atoms with Crippen molar-refractivity contribution in [1.82, 2.24) is 4.90 Å². The van der Waals surface area contributed by atoms with Crippen molar-refractivity contribution in [2.45, 2.75) is 82.4 Å². The highest BCUT2D eigenvalue weighted by atomic mass is 16.6. The predicted molar refractivity (Wildman–Crippen MR) is 145 cm³/mol. The van der Waals surface area contributed by atoms with Crippen LogP contribution in [0.15, 0.2) is 60.7 Å². The lowest BCUT2D eigenvalue weighted by atomic mass is 9.78. The van der Waals surface area contributed by atoms with Crippen LogP contribution in [-0.4, -0.2) is 48.7 Å². The van der Waals surface area contributed by atoms with E-state index in [1.54, 1.807) is 0 Å². The molecule has 188 valence electrons. The number of ether oxygens (including phenoxy) is 1. The van der Waals surface area contributed by atoms with E-state index in [1.807, 2.05) is 13.8 Å². The molecule has 0 amide bonds. The second kappa shape index (κ2) is 10.7. The Morgan fingerprint density at radius 1 is 1.00 bits per heavy atom. The second-order valence-corrected chi connectivity index (χ2v) is 11.8. The highest BCUT2D eigenvalue weighted by Gasteiger charge is 2.42. The van der Waals surface area contributed by atoms with E-state index in [-0.39, 0.29) is 11.4 Å². The minimum absolute atomic E-state index is 0.0473. The Morgan fingerprint density at radius 3 is 2.14 bits per heavy atom. The first kappa shape index (κ1) is 25.6. The van der Waals surface area contributed by atoms with Gasteiger partial charge in [0.05, 0.1) is 0 Å². The molecule has 2 fully saturated rings. The summed E-state index contributed by atoms with van der Waals surface area (Å²) in [6.07, 6.45) is 6.36. The highest BCUT2D eigenvalue weighted by molar-refractivity contribution is 5.70. The minimum Gasteiger partial charge on any atom is -0.419 e. The number of para-hydroxylation sites is 1. The Kier molecular flexibility index (Phi) is 7.80. The average Bonchev–Trinajstić information content (AvgIpc) is 3.05. The Balaban J connectivity index is 1.41. The number of hydrogen-bond donors (Lipinski definition) is 0. The molecule has 2 aliphatic rings. The molecule has 2 unspecified atom stereocenters. The molecule has 35 heavy (non-hydrogen) atoms. The van der Waals surface area contributed by atoms with Crippen LogP contribution in [0, 0.1) is 12.8 Å². The molecule has 0 N–H and O–H groups in total. The van der Waals surface area contributed by atoms with Gasteiger partial charge in [0.2, 0.25) is 5.60 Å².